The van der Waals surface area contributed by atoms with Gasteiger partial charge in [-0.25, -0.2) is 0 Å². The first-order valence-corrected chi connectivity index (χ1v) is 5.54. The smallest absolute Gasteiger partial charge is 2.00 e. The molecule has 0 amide bonds. The summed E-state index contributed by atoms with van der Waals surface area (Å²) in [6, 6.07) is 11.0. The monoisotopic (exact) mass is 331 g/mol. The molecule has 0 saturated carbocycles. The molecule has 0 aliphatic heterocycles. The molecule has 4 nitrogen and oxygen atoms in total. The topological polar surface area (TPSA) is 52.4 Å². The Morgan fingerprint density at radius 3 is 2.50 bits per heavy atom. The Labute approximate surface area is 128 Å². The minimum absolute atomic E-state index is 0. The van der Waals surface area contributed by atoms with Crippen molar-refractivity contribution in [2.75, 3.05) is 0 Å². The van der Waals surface area contributed by atoms with E-state index in [1.54, 1.807) is 5.38 Å². The maximum atomic E-state index is 10.6. The molecule has 0 fully saturated rings. The van der Waals surface area contributed by atoms with E-state index in [1.807, 2.05) is 30.3 Å². The Morgan fingerprint density at radius 1 is 1.22 bits per heavy atom. The van der Waals surface area contributed by atoms with Crippen LogP contribution in [-0.2, 0) is 39.6 Å². The van der Waals surface area contributed by atoms with Crippen molar-refractivity contribution in [3.8, 4) is 5.06 Å². The summed E-state index contributed by atoms with van der Waals surface area (Å²) < 4.78 is 5.40. The zero-order chi connectivity index (χ0) is 11.4. The normalized spacial score (nSPS) is 8.89. The van der Waals surface area contributed by atoms with Gasteiger partial charge in [-0.3, -0.25) is 10.1 Å². The quantitative estimate of drug-likeness (QED) is 0.490. The third-order valence-electron chi connectivity index (χ3n) is 2.02. The van der Waals surface area contributed by atoms with Gasteiger partial charge in [0, 0.05) is 11.4 Å². The summed E-state index contributed by atoms with van der Waals surface area (Å²) in [5.41, 5.74) is 1.02. The largest absolute Gasteiger partial charge is 2.00 e. The van der Waals surface area contributed by atoms with E-state index >= 15 is 0 Å². The third kappa shape index (κ3) is 4.40. The number of benzene rings is 1. The van der Waals surface area contributed by atoms with Crippen LogP contribution in [0.5, 0.6) is 5.06 Å². The Balaban J connectivity index is 0.00000144. The number of nitro groups is 1. The van der Waals surface area contributed by atoms with Gasteiger partial charge < -0.3 is 18.2 Å². The predicted octanol–water partition coefficient (Wildman–Crippen LogP) is 3.23. The van der Waals surface area contributed by atoms with Gasteiger partial charge in [-0.05, 0) is 5.56 Å². The summed E-state index contributed by atoms with van der Waals surface area (Å²) >= 11 is 1.23. The van der Waals surface area contributed by atoms with E-state index in [-0.39, 0.29) is 38.7 Å². The van der Waals surface area contributed by atoms with Crippen LogP contribution in [0.1, 0.15) is 5.56 Å². The summed E-state index contributed by atoms with van der Waals surface area (Å²) in [6.07, 6.45) is 0. The van der Waals surface area contributed by atoms with Crippen molar-refractivity contribution in [2.24, 2.45) is 0 Å². The van der Waals surface area contributed by atoms with Gasteiger partial charge in [0.25, 0.3) is 5.06 Å². The van der Waals surface area contributed by atoms with Crippen LogP contribution in [0.4, 0.5) is 5.69 Å². The van der Waals surface area contributed by atoms with Gasteiger partial charge in [-0.1, -0.05) is 30.3 Å². The first kappa shape index (κ1) is 17.1. The molecule has 1 aromatic carbocycles. The molecule has 7 heteroatoms. The fourth-order valence-corrected chi connectivity index (χ4v) is 1.97. The van der Waals surface area contributed by atoms with Crippen LogP contribution in [-0.4, -0.2) is 4.92 Å². The van der Waals surface area contributed by atoms with Crippen molar-refractivity contribution < 1.29 is 29.1 Å². The predicted molar refractivity (Wildman–Crippen MR) is 69.1 cm³/mol. The number of hydrogen-bond donors (Lipinski definition) is 0. The summed E-state index contributed by atoms with van der Waals surface area (Å²) in [4.78, 5) is 10.2. The Kier molecular flexibility index (Phi) is 7.82. The maximum Gasteiger partial charge on any atom is 2.00 e. The average molecular weight is 333 g/mol. The van der Waals surface area contributed by atoms with Crippen molar-refractivity contribution in [2.45, 2.75) is 6.61 Å². The summed E-state index contributed by atoms with van der Waals surface area (Å²) in [7, 11) is 0. The maximum absolute atomic E-state index is 10.6. The van der Waals surface area contributed by atoms with Crippen LogP contribution < -0.4 is 4.74 Å². The van der Waals surface area contributed by atoms with E-state index < -0.39 is 4.92 Å². The first-order chi connectivity index (χ1) is 7.77. The van der Waals surface area contributed by atoms with Crippen LogP contribution in [0.15, 0.2) is 41.8 Å². The number of nitrogens with zero attached hydrogens (tertiary/aromatic N) is 1. The molecule has 2 rings (SSSR count). The molecule has 0 aliphatic rings. The Hall–Kier alpha value is -0.907. The molecule has 2 aromatic rings. The van der Waals surface area contributed by atoms with Gasteiger partial charge in [0.05, 0.1) is 4.92 Å². The van der Waals surface area contributed by atoms with Crippen molar-refractivity contribution >= 4 is 30.5 Å². The zero-order valence-corrected chi connectivity index (χ0v) is 14.0. The van der Waals surface area contributed by atoms with Gasteiger partial charge >= 0.3 is 25.2 Å². The molecule has 0 bridgehead atoms. The third-order valence-corrected chi connectivity index (χ3v) is 2.83. The van der Waals surface area contributed by atoms with Crippen molar-refractivity contribution in [3.05, 3.63) is 57.5 Å². The fraction of sp³-hybridized carbons (Fsp3) is 0.0909. The van der Waals surface area contributed by atoms with E-state index in [9.17, 15) is 10.1 Å². The minimum Gasteiger partial charge on any atom is -2.00 e. The molecule has 0 spiro atoms. The van der Waals surface area contributed by atoms with Crippen molar-refractivity contribution in [1.29, 1.82) is 0 Å². The minimum atomic E-state index is -0.434. The van der Waals surface area contributed by atoms with Gasteiger partial charge in [0.15, 0.2) is 0 Å². The zero-order valence-electron chi connectivity index (χ0n) is 9.44. The number of ether oxygens (including phenoxy) is 1. The molecule has 18 heavy (non-hydrogen) atoms. The standard InChI is InChI=1S/C11H9NO3S.S.Zn/c13-12(14)10-6-7-16-11(10)15-8-9-4-2-1-3-5-9;;/h1-7H,8H2;;/q;-2;+2. The van der Waals surface area contributed by atoms with Crippen molar-refractivity contribution in [1.82, 2.24) is 0 Å². The second-order valence-electron chi connectivity index (χ2n) is 3.12. The molecule has 1 aromatic heterocycles. The Morgan fingerprint density at radius 2 is 1.89 bits per heavy atom. The molecule has 0 saturated heterocycles. The van der Waals surface area contributed by atoms with E-state index in [2.05, 4.69) is 0 Å². The summed E-state index contributed by atoms with van der Waals surface area (Å²) in [5.74, 6) is 0. The molecule has 1 heterocycles. The van der Waals surface area contributed by atoms with Gasteiger partial charge in [-0.2, -0.15) is 0 Å². The van der Waals surface area contributed by atoms with E-state index in [0.29, 0.717) is 11.7 Å². The van der Waals surface area contributed by atoms with Gasteiger partial charge in [-0.15, -0.1) is 11.3 Å². The molecule has 0 N–H and O–H groups in total. The first-order valence-electron chi connectivity index (χ1n) is 4.66. The van der Waals surface area contributed by atoms with Gasteiger partial charge in [0.2, 0.25) is 0 Å². The molecule has 0 atom stereocenters. The molecule has 0 radical (unpaired) electrons. The number of rotatable bonds is 4. The molecular formula is C11H9NO3S2Zn. The molecular weight excluding hydrogens is 324 g/mol. The molecule has 0 aliphatic carbocycles. The number of hydrogen-bond acceptors (Lipinski definition) is 4. The average Bonchev–Trinajstić information content (AvgIpc) is 2.76. The van der Waals surface area contributed by atoms with E-state index in [1.165, 1.54) is 17.4 Å². The van der Waals surface area contributed by atoms with Crippen molar-refractivity contribution in [3.63, 3.8) is 0 Å². The van der Waals surface area contributed by atoms with Crippen LogP contribution in [0.25, 0.3) is 0 Å². The molecule has 90 valence electrons. The summed E-state index contributed by atoms with van der Waals surface area (Å²) in [5, 5.41) is 12.6. The van der Waals surface area contributed by atoms with Crippen LogP contribution >= 0.6 is 11.3 Å². The van der Waals surface area contributed by atoms with Gasteiger partial charge in [0.1, 0.15) is 6.61 Å². The molecule has 0 unspecified atom stereocenters. The van der Waals surface area contributed by atoms with Crippen LogP contribution in [0.2, 0.25) is 0 Å². The number of thiophene rings is 1. The second kappa shape index (κ2) is 8.24. The Bertz CT molecular complexity index is 490. The van der Waals surface area contributed by atoms with E-state index in [4.69, 9.17) is 4.74 Å². The van der Waals surface area contributed by atoms with E-state index in [0.717, 1.165) is 5.56 Å². The SMILES string of the molecule is O=[N+]([O-])c1ccsc1OCc1ccccc1.[S-2].[Zn+2]. The fourth-order valence-electron chi connectivity index (χ4n) is 1.26. The van der Waals surface area contributed by atoms with Crippen LogP contribution in [0, 0.1) is 10.1 Å². The second-order valence-corrected chi connectivity index (χ2v) is 4.00. The van der Waals surface area contributed by atoms with Crippen LogP contribution in [0.3, 0.4) is 0 Å². The summed E-state index contributed by atoms with van der Waals surface area (Å²) in [6.45, 7) is 0.349.